The first kappa shape index (κ1) is 11.8. The fraction of sp³-hybridized carbons (Fsp3) is 0.462. The molecule has 4 heteroatoms. The number of benzene rings is 1. The maximum atomic E-state index is 11.4. The lowest BCUT2D eigenvalue weighted by Crippen LogP contribution is -2.37. The van der Waals surface area contributed by atoms with Gasteiger partial charge < -0.3 is 16.4 Å². The van der Waals surface area contributed by atoms with Gasteiger partial charge in [-0.25, -0.2) is 0 Å². The molecule has 1 heterocycles. The number of amides is 1. The van der Waals surface area contributed by atoms with E-state index in [9.17, 15) is 4.79 Å². The summed E-state index contributed by atoms with van der Waals surface area (Å²) in [4.78, 5) is 13.5. The van der Waals surface area contributed by atoms with Crippen molar-refractivity contribution < 1.29 is 4.79 Å². The molecule has 0 saturated carbocycles. The van der Waals surface area contributed by atoms with E-state index in [2.05, 4.69) is 4.90 Å². The molecule has 0 spiro atoms. The first-order valence-corrected chi connectivity index (χ1v) is 5.83. The number of nitrogens with zero attached hydrogens (tertiary/aromatic N) is 1. The van der Waals surface area contributed by atoms with Crippen LogP contribution < -0.4 is 16.4 Å². The van der Waals surface area contributed by atoms with Gasteiger partial charge >= 0.3 is 0 Å². The van der Waals surface area contributed by atoms with E-state index in [4.69, 9.17) is 11.5 Å². The van der Waals surface area contributed by atoms with Gasteiger partial charge in [-0.1, -0.05) is 6.07 Å². The largest absolute Gasteiger partial charge is 0.397 e. The maximum absolute atomic E-state index is 11.4. The van der Waals surface area contributed by atoms with Gasteiger partial charge in [0.05, 0.1) is 16.8 Å². The van der Waals surface area contributed by atoms with E-state index in [1.807, 2.05) is 32.0 Å². The number of hydrogen-bond donors (Lipinski definition) is 2. The molecule has 0 radical (unpaired) electrons. The summed E-state index contributed by atoms with van der Waals surface area (Å²) in [7, 11) is 0. The molecule has 1 saturated heterocycles. The van der Waals surface area contributed by atoms with E-state index >= 15 is 0 Å². The van der Waals surface area contributed by atoms with Crippen molar-refractivity contribution in [3.05, 3.63) is 23.8 Å². The third kappa shape index (κ3) is 2.07. The summed E-state index contributed by atoms with van der Waals surface area (Å²) < 4.78 is 0. The Morgan fingerprint density at radius 3 is 2.71 bits per heavy atom. The second kappa shape index (κ2) is 3.95. The number of anilines is 2. The van der Waals surface area contributed by atoms with Crippen molar-refractivity contribution in [1.82, 2.24) is 0 Å². The Kier molecular flexibility index (Phi) is 2.73. The topological polar surface area (TPSA) is 72.3 Å². The standard InChI is InChI=1S/C13H19N3O/c1-9-3-4-11(10(14)7-9)16-6-5-13(2,8-16)12(15)17/h3-4,7H,5-6,8,14H2,1-2H3,(H2,15,17). The molecule has 4 nitrogen and oxygen atoms in total. The van der Waals surface area contributed by atoms with Crippen LogP contribution in [0.3, 0.4) is 0 Å². The number of aryl methyl sites for hydroxylation is 1. The first-order valence-electron chi connectivity index (χ1n) is 5.83. The minimum absolute atomic E-state index is 0.231. The summed E-state index contributed by atoms with van der Waals surface area (Å²) in [5.74, 6) is -0.231. The summed E-state index contributed by atoms with van der Waals surface area (Å²) in [6.07, 6.45) is 0.787. The lowest BCUT2D eigenvalue weighted by Gasteiger charge is -2.23. The molecule has 1 aromatic carbocycles. The Bertz CT molecular complexity index is 458. The highest BCUT2D eigenvalue weighted by molar-refractivity contribution is 5.82. The number of nitrogen functional groups attached to an aromatic ring is 1. The molecule has 1 aromatic rings. The lowest BCUT2D eigenvalue weighted by atomic mass is 9.89. The van der Waals surface area contributed by atoms with Crippen LogP contribution in [0.2, 0.25) is 0 Å². The third-order valence-electron chi connectivity index (χ3n) is 3.59. The van der Waals surface area contributed by atoms with Crippen LogP contribution >= 0.6 is 0 Å². The zero-order valence-corrected chi connectivity index (χ0v) is 10.4. The van der Waals surface area contributed by atoms with Crippen molar-refractivity contribution >= 4 is 17.3 Å². The van der Waals surface area contributed by atoms with Crippen molar-refractivity contribution in [1.29, 1.82) is 0 Å². The van der Waals surface area contributed by atoms with Crippen LogP contribution in [0.1, 0.15) is 18.9 Å². The van der Waals surface area contributed by atoms with E-state index < -0.39 is 5.41 Å². The van der Waals surface area contributed by atoms with Crippen LogP contribution in [0, 0.1) is 12.3 Å². The Morgan fingerprint density at radius 2 is 2.18 bits per heavy atom. The average molecular weight is 233 g/mol. The van der Waals surface area contributed by atoms with Gasteiger partial charge in [0.2, 0.25) is 5.91 Å². The van der Waals surface area contributed by atoms with Crippen LogP contribution in [-0.2, 0) is 4.79 Å². The molecule has 1 aliphatic heterocycles. The molecule has 17 heavy (non-hydrogen) atoms. The smallest absolute Gasteiger partial charge is 0.225 e. The van der Waals surface area contributed by atoms with E-state index in [1.165, 1.54) is 0 Å². The van der Waals surface area contributed by atoms with Gasteiger partial charge in [0, 0.05) is 13.1 Å². The van der Waals surface area contributed by atoms with Crippen LogP contribution in [0.5, 0.6) is 0 Å². The van der Waals surface area contributed by atoms with Gasteiger partial charge in [-0.2, -0.15) is 0 Å². The summed E-state index contributed by atoms with van der Waals surface area (Å²) >= 11 is 0. The lowest BCUT2D eigenvalue weighted by molar-refractivity contribution is -0.125. The molecule has 0 aliphatic carbocycles. The van der Waals surface area contributed by atoms with Crippen LogP contribution in [0.15, 0.2) is 18.2 Å². The zero-order chi connectivity index (χ0) is 12.6. The molecule has 4 N–H and O–H groups in total. The number of primary amides is 1. The van der Waals surface area contributed by atoms with Crippen molar-refractivity contribution in [3.63, 3.8) is 0 Å². The van der Waals surface area contributed by atoms with Crippen molar-refractivity contribution in [2.75, 3.05) is 23.7 Å². The highest BCUT2D eigenvalue weighted by Gasteiger charge is 2.39. The van der Waals surface area contributed by atoms with Gasteiger partial charge in [-0.3, -0.25) is 4.79 Å². The van der Waals surface area contributed by atoms with Crippen molar-refractivity contribution in [3.8, 4) is 0 Å². The molecule has 0 bridgehead atoms. The Morgan fingerprint density at radius 1 is 1.47 bits per heavy atom. The molecular formula is C13H19N3O. The first-order chi connectivity index (χ1) is 7.92. The molecular weight excluding hydrogens is 214 g/mol. The Labute approximate surface area is 102 Å². The molecule has 2 rings (SSSR count). The molecule has 1 atom stereocenters. The summed E-state index contributed by atoms with van der Waals surface area (Å²) in [5, 5.41) is 0. The van der Waals surface area contributed by atoms with Crippen molar-refractivity contribution in [2.24, 2.45) is 11.1 Å². The summed E-state index contributed by atoms with van der Waals surface area (Å²) in [6.45, 7) is 5.40. The van der Waals surface area contributed by atoms with Gasteiger partial charge in [-0.05, 0) is 38.0 Å². The number of rotatable bonds is 2. The molecule has 1 fully saturated rings. The predicted octanol–water partition coefficient (Wildman–Crippen LogP) is 1.28. The van der Waals surface area contributed by atoms with Gasteiger partial charge in [0.15, 0.2) is 0 Å². The third-order valence-corrected chi connectivity index (χ3v) is 3.59. The quantitative estimate of drug-likeness (QED) is 0.756. The van der Waals surface area contributed by atoms with Gasteiger partial charge in [0.25, 0.3) is 0 Å². The Hall–Kier alpha value is -1.71. The SMILES string of the molecule is Cc1ccc(N2CCC(C)(C(N)=O)C2)c(N)c1. The number of nitrogens with two attached hydrogens (primary N) is 2. The second-order valence-corrected chi connectivity index (χ2v) is 5.16. The van der Waals surface area contributed by atoms with E-state index in [1.54, 1.807) is 0 Å². The van der Waals surface area contributed by atoms with E-state index in [-0.39, 0.29) is 5.91 Å². The molecule has 1 unspecified atom stereocenters. The molecule has 1 amide bonds. The minimum atomic E-state index is -0.433. The number of hydrogen-bond acceptors (Lipinski definition) is 3. The highest BCUT2D eigenvalue weighted by Crippen LogP contribution is 2.35. The molecule has 1 aliphatic rings. The maximum Gasteiger partial charge on any atom is 0.225 e. The van der Waals surface area contributed by atoms with E-state index in [0.29, 0.717) is 6.54 Å². The summed E-state index contributed by atoms with van der Waals surface area (Å²) in [6, 6.07) is 6.00. The monoisotopic (exact) mass is 233 g/mol. The molecule has 92 valence electrons. The molecule has 0 aromatic heterocycles. The number of carbonyl (C=O) groups excluding carboxylic acids is 1. The predicted molar refractivity (Wildman–Crippen MR) is 69.7 cm³/mol. The van der Waals surface area contributed by atoms with Crippen LogP contribution in [0.4, 0.5) is 11.4 Å². The zero-order valence-electron chi connectivity index (χ0n) is 10.4. The van der Waals surface area contributed by atoms with Crippen molar-refractivity contribution in [2.45, 2.75) is 20.3 Å². The summed E-state index contributed by atoms with van der Waals surface area (Å²) in [5.41, 5.74) is 13.9. The number of carbonyl (C=O) groups is 1. The van der Waals surface area contributed by atoms with Gasteiger partial charge in [-0.15, -0.1) is 0 Å². The second-order valence-electron chi connectivity index (χ2n) is 5.16. The van der Waals surface area contributed by atoms with E-state index in [0.717, 1.165) is 29.9 Å². The van der Waals surface area contributed by atoms with Crippen LogP contribution in [0.25, 0.3) is 0 Å². The fourth-order valence-corrected chi connectivity index (χ4v) is 2.33. The fourth-order valence-electron chi connectivity index (χ4n) is 2.33. The average Bonchev–Trinajstić information content (AvgIpc) is 2.62. The highest BCUT2D eigenvalue weighted by atomic mass is 16.1. The minimum Gasteiger partial charge on any atom is -0.397 e. The van der Waals surface area contributed by atoms with Crippen LogP contribution in [-0.4, -0.2) is 19.0 Å². The normalized spacial score (nSPS) is 24.0. The van der Waals surface area contributed by atoms with Gasteiger partial charge in [0.1, 0.15) is 0 Å². The Balaban J connectivity index is 2.24.